The van der Waals surface area contributed by atoms with E-state index in [-0.39, 0.29) is 23.5 Å². The van der Waals surface area contributed by atoms with Crippen molar-refractivity contribution in [1.82, 2.24) is 4.57 Å². The average Bonchev–Trinajstić information content (AvgIpc) is 2.48. The Balaban J connectivity index is 2.18. The quantitative estimate of drug-likeness (QED) is 0.655. The van der Waals surface area contributed by atoms with Crippen molar-refractivity contribution in [3.63, 3.8) is 0 Å². The highest BCUT2D eigenvalue weighted by Gasteiger charge is 2.13. The number of esters is 1. The molecule has 0 aliphatic carbocycles. The third-order valence-corrected chi connectivity index (χ3v) is 3.62. The largest absolute Gasteiger partial charge is 0.508 e. The number of hydrogen-bond acceptors (Lipinski definition) is 5. The lowest BCUT2D eigenvalue weighted by Crippen LogP contribution is -2.27. The summed E-state index contributed by atoms with van der Waals surface area (Å²) in [6.07, 6.45) is 2.19. The van der Waals surface area contributed by atoms with Gasteiger partial charge in [0.2, 0.25) is 0 Å². The van der Waals surface area contributed by atoms with E-state index in [1.165, 1.54) is 10.6 Å². The second-order valence-electron chi connectivity index (χ2n) is 4.70. The summed E-state index contributed by atoms with van der Waals surface area (Å²) >= 11 is 4.30. The van der Waals surface area contributed by atoms with Crippen molar-refractivity contribution in [2.45, 2.75) is 24.8 Å². The molecular weight excluding hydrogens is 302 g/mol. The number of ether oxygens (including phenoxy) is 1. The van der Waals surface area contributed by atoms with Gasteiger partial charge in [0.05, 0.1) is 6.61 Å². The van der Waals surface area contributed by atoms with Crippen molar-refractivity contribution < 1.29 is 14.6 Å². The van der Waals surface area contributed by atoms with Gasteiger partial charge >= 0.3 is 5.97 Å². The molecule has 0 saturated carbocycles. The summed E-state index contributed by atoms with van der Waals surface area (Å²) < 4.78 is 6.33. The lowest BCUT2D eigenvalue weighted by molar-refractivity contribution is 0.0523. The Morgan fingerprint density at radius 1 is 1.36 bits per heavy atom. The van der Waals surface area contributed by atoms with Crippen LogP contribution in [-0.4, -0.2) is 22.2 Å². The molecule has 0 aliphatic heterocycles. The van der Waals surface area contributed by atoms with E-state index in [1.807, 2.05) is 0 Å². The zero-order valence-electron chi connectivity index (χ0n) is 12.2. The maximum atomic E-state index is 12.2. The number of rotatable bonds is 5. The summed E-state index contributed by atoms with van der Waals surface area (Å²) in [4.78, 5) is 24.6. The average molecular weight is 319 g/mol. The van der Waals surface area contributed by atoms with E-state index in [4.69, 9.17) is 4.74 Å². The highest BCUT2D eigenvalue weighted by Crippen LogP contribution is 2.20. The molecule has 0 fully saturated rings. The minimum absolute atomic E-state index is 0.0288. The number of aryl methyl sites for hydroxylation is 2. The van der Waals surface area contributed by atoms with Crippen LogP contribution in [0.3, 0.4) is 0 Å². The fourth-order valence-corrected chi connectivity index (χ4v) is 2.40. The van der Waals surface area contributed by atoms with E-state index >= 15 is 0 Å². The monoisotopic (exact) mass is 319 g/mol. The summed E-state index contributed by atoms with van der Waals surface area (Å²) in [7, 11) is 0. The molecule has 2 rings (SSSR count). The summed E-state index contributed by atoms with van der Waals surface area (Å²) in [6, 6.07) is 7.99. The molecule has 0 spiro atoms. The molecule has 22 heavy (non-hydrogen) atoms. The van der Waals surface area contributed by atoms with E-state index in [2.05, 4.69) is 12.6 Å². The maximum absolute atomic E-state index is 12.2. The predicted octanol–water partition coefficient (Wildman–Crippen LogP) is 2.26. The Morgan fingerprint density at radius 3 is 2.82 bits per heavy atom. The molecule has 0 aliphatic rings. The van der Waals surface area contributed by atoms with E-state index < -0.39 is 5.97 Å². The Morgan fingerprint density at radius 2 is 2.14 bits per heavy atom. The molecule has 1 heterocycles. The standard InChI is InChI=1S/C16H17NO4S/c1-2-21-16(20)13-4-3-8-17(15(13)19)9-7-11-5-6-12(18)10-14(11)22/h3-6,8,10,18,22H,2,7,9H2,1H3. The van der Waals surface area contributed by atoms with Crippen molar-refractivity contribution in [3.8, 4) is 5.75 Å². The summed E-state index contributed by atoms with van der Waals surface area (Å²) in [5, 5.41) is 9.36. The van der Waals surface area contributed by atoms with Gasteiger partial charge in [-0.1, -0.05) is 6.07 Å². The summed E-state index contributed by atoms with van der Waals surface area (Å²) in [5.41, 5.74) is 0.566. The topological polar surface area (TPSA) is 68.5 Å². The summed E-state index contributed by atoms with van der Waals surface area (Å²) in [5.74, 6) is -0.461. The van der Waals surface area contributed by atoms with E-state index in [1.54, 1.807) is 37.4 Å². The number of phenols is 1. The zero-order valence-corrected chi connectivity index (χ0v) is 13.0. The number of hydrogen-bond donors (Lipinski definition) is 2. The summed E-state index contributed by atoms with van der Waals surface area (Å²) in [6.45, 7) is 2.33. The molecule has 0 bridgehead atoms. The highest BCUT2D eigenvalue weighted by atomic mass is 32.1. The van der Waals surface area contributed by atoms with Gasteiger partial charge < -0.3 is 14.4 Å². The number of pyridine rings is 1. The normalized spacial score (nSPS) is 10.5. The first-order valence-corrected chi connectivity index (χ1v) is 7.35. The number of nitrogens with zero attached hydrogens (tertiary/aromatic N) is 1. The van der Waals surface area contributed by atoms with Crippen LogP contribution >= 0.6 is 12.6 Å². The van der Waals surface area contributed by atoms with Crippen LogP contribution in [-0.2, 0) is 17.7 Å². The number of carbonyl (C=O) groups excluding carboxylic acids is 1. The maximum Gasteiger partial charge on any atom is 0.343 e. The van der Waals surface area contributed by atoms with Crippen molar-refractivity contribution in [1.29, 1.82) is 0 Å². The van der Waals surface area contributed by atoms with Crippen molar-refractivity contribution in [2.24, 2.45) is 0 Å². The van der Waals surface area contributed by atoms with Gasteiger partial charge in [-0.2, -0.15) is 0 Å². The van der Waals surface area contributed by atoms with Gasteiger partial charge in [-0.25, -0.2) is 4.79 Å². The second-order valence-corrected chi connectivity index (χ2v) is 5.19. The molecule has 5 nitrogen and oxygen atoms in total. The number of benzene rings is 1. The van der Waals surface area contributed by atoms with Gasteiger partial charge in [-0.05, 0) is 43.2 Å². The van der Waals surface area contributed by atoms with Crippen molar-refractivity contribution in [3.05, 3.63) is 58.0 Å². The number of thiol groups is 1. The van der Waals surface area contributed by atoms with Crippen molar-refractivity contribution >= 4 is 18.6 Å². The Kier molecular flexibility index (Phi) is 5.27. The van der Waals surface area contributed by atoms with E-state index in [0.717, 1.165) is 5.56 Å². The van der Waals surface area contributed by atoms with Crippen LogP contribution in [0.2, 0.25) is 0 Å². The number of aromatic hydroxyl groups is 1. The lowest BCUT2D eigenvalue weighted by Gasteiger charge is -2.09. The zero-order chi connectivity index (χ0) is 16.1. The molecule has 2 aromatic rings. The van der Waals surface area contributed by atoms with Crippen LogP contribution in [0.25, 0.3) is 0 Å². The molecule has 0 unspecified atom stereocenters. The van der Waals surface area contributed by atoms with Gasteiger partial charge in [-0.15, -0.1) is 12.6 Å². The predicted molar refractivity (Wildman–Crippen MR) is 85.7 cm³/mol. The minimum atomic E-state index is -0.610. The molecule has 1 N–H and O–H groups in total. The minimum Gasteiger partial charge on any atom is -0.508 e. The van der Waals surface area contributed by atoms with Crippen LogP contribution in [0.5, 0.6) is 5.75 Å². The molecule has 1 aromatic heterocycles. The number of aromatic nitrogens is 1. The smallest absolute Gasteiger partial charge is 0.343 e. The lowest BCUT2D eigenvalue weighted by atomic mass is 10.1. The highest BCUT2D eigenvalue weighted by molar-refractivity contribution is 7.80. The third-order valence-electron chi connectivity index (χ3n) is 3.21. The molecule has 6 heteroatoms. The fraction of sp³-hybridized carbons (Fsp3) is 0.250. The third kappa shape index (κ3) is 3.71. The molecule has 116 valence electrons. The van der Waals surface area contributed by atoms with E-state index in [0.29, 0.717) is 17.9 Å². The van der Waals surface area contributed by atoms with Crippen LogP contribution < -0.4 is 5.56 Å². The molecular formula is C16H17NO4S. The Labute approximate surface area is 133 Å². The first kappa shape index (κ1) is 16.2. The van der Waals surface area contributed by atoms with Crippen LogP contribution in [0.1, 0.15) is 22.8 Å². The molecule has 0 saturated heterocycles. The first-order chi connectivity index (χ1) is 10.5. The van der Waals surface area contributed by atoms with Crippen LogP contribution in [0.4, 0.5) is 0 Å². The van der Waals surface area contributed by atoms with Gasteiger partial charge in [0, 0.05) is 17.6 Å². The number of phenolic OH excluding ortho intramolecular Hbond substituents is 1. The SMILES string of the molecule is CCOC(=O)c1cccn(CCc2ccc(O)cc2S)c1=O. The van der Waals surface area contributed by atoms with E-state index in [9.17, 15) is 14.7 Å². The van der Waals surface area contributed by atoms with Crippen LogP contribution in [0, 0.1) is 0 Å². The van der Waals surface area contributed by atoms with Gasteiger partial charge in [0.25, 0.3) is 5.56 Å². The Hall–Kier alpha value is -2.21. The molecule has 0 amide bonds. The molecule has 0 radical (unpaired) electrons. The number of carbonyl (C=O) groups is 1. The Bertz CT molecular complexity index is 739. The van der Waals surface area contributed by atoms with Gasteiger partial charge in [0.1, 0.15) is 11.3 Å². The van der Waals surface area contributed by atoms with Gasteiger partial charge in [-0.3, -0.25) is 4.79 Å². The fourth-order valence-electron chi connectivity index (χ4n) is 2.08. The molecule has 1 aromatic carbocycles. The van der Waals surface area contributed by atoms with Crippen molar-refractivity contribution in [2.75, 3.05) is 6.61 Å². The second kappa shape index (κ2) is 7.17. The molecule has 0 atom stereocenters. The first-order valence-electron chi connectivity index (χ1n) is 6.90. The van der Waals surface area contributed by atoms with Gasteiger partial charge in [0.15, 0.2) is 0 Å². The van der Waals surface area contributed by atoms with Crippen LogP contribution in [0.15, 0.2) is 46.2 Å².